The summed E-state index contributed by atoms with van der Waals surface area (Å²) in [6.07, 6.45) is 5.00. The van der Waals surface area contributed by atoms with Crippen molar-refractivity contribution in [1.82, 2.24) is 14.7 Å². The maximum absolute atomic E-state index is 12.2. The van der Waals surface area contributed by atoms with Crippen LogP contribution in [0.1, 0.15) is 29.8 Å². The smallest absolute Gasteiger partial charge is 0.274 e. The molecule has 2 rings (SSSR count). The Hall–Kier alpha value is -1.03. The van der Waals surface area contributed by atoms with E-state index >= 15 is 0 Å². The molecule has 1 aliphatic heterocycles. The molecule has 0 spiro atoms. The maximum Gasteiger partial charge on any atom is 0.274 e. The lowest BCUT2D eigenvalue weighted by Gasteiger charge is -2.34. The molecule has 0 radical (unpaired) electrons. The lowest BCUT2D eigenvalue weighted by Crippen LogP contribution is -2.44. The third-order valence-corrected chi connectivity index (χ3v) is 3.36. The first-order valence-electron chi connectivity index (χ1n) is 5.59. The van der Waals surface area contributed by atoms with E-state index in [2.05, 4.69) is 5.10 Å². The third kappa shape index (κ3) is 2.21. The van der Waals surface area contributed by atoms with Crippen molar-refractivity contribution in [2.45, 2.75) is 25.3 Å². The topological polar surface area (TPSA) is 38.1 Å². The van der Waals surface area contributed by atoms with Crippen LogP contribution in [0.3, 0.4) is 0 Å². The van der Waals surface area contributed by atoms with E-state index < -0.39 is 0 Å². The predicted octanol–water partition coefficient (Wildman–Crippen LogP) is 1.65. The second-order valence-corrected chi connectivity index (χ2v) is 4.49. The maximum atomic E-state index is 12.2. The van der Waals surface area contributed by atoms with Crippen molar-refractivity contribution in [3.05, 3.63) is 18.0 Å². The number of amides is 1. The largest absolute Gasteiger partial charge is 0.333 e. The minimum absolute atomic E-state index is 0.00551. The van der Waals surface area contributed by atoms with Gasteiger partial charge in [0, 0.05) is 31.7 Å². The molecule has 16 heavy (non-hydrogen) atoms. The van der Waals surface area contributed by atoms with Crippen molar-refractivity contribution < 1.29 is 4.79 Å². The Balaban J connectivity index is 2.13. The first-order valence-corrected chi connectivity index (χ1v) is 6.12. The number of hydrogen-bond acceptors (Lipinski definition) is 2. The number of nitrogens with zero attached hydrogens (tertiary/aromatic N) is 3. The molecular formula is C11H16ClN3O. The van der Waals surface area contributed by atoms with E-state index in [-0.39, 0.29) is 11.9 Å². The second kappa shape index (κ2) is 4.87. The van der Waals surface area contributed by atoms with Gasteiger partial charge in [0.1, 0.15) is 5.69 Å². The molecule has 4 nitrogen and oxygen atoms in total. The van der Waals surface area contributed by atoms with E-state index in [1.807, 2.05) is 11.9 Å². The molecule has 0 bridgehead atoms. The zero-order valence-corrected chi connectivity index (χ0v) is 10.2. The summed E-state index contributed by atoms with van der Waals surface area (Å²) in [6.45, 7) is 0.798. The van der Waals surface area contributed by atoms with Crippen LogP contribution in [0.4, 0.5) is 0 Å². The van der Waals surface area contributed by atoms with E-state index in [0.29, 0.717) is 11.6 Å². The van der Waals surface area contributed by atoms with Crippen molar-refractivity contribution in [3.63, 3.8) is 0 Å². The van der Waals surface area contributed by atoms with Gasteiger partial charge in [-0.25, -0.2) is 0 Å². The highest BCUT2D eigenvalue weighted by Crippen LogP contribution is 2.19. The highest BCUT2D eigenvalue weighted by atomic mass is 35.5. The van der Waals surface area contributed by atoms with Crippen LogP contribution in [0.2, 0.25) is 0 Å². The molecule has 1 aromatic rings. The molecule has 1 fully saturated rings. The molecule has 0 saturated carbocycles. The zero-order chi connectivity index (χ0) is 11.5. The average Bonchev–Trinajstić information content (AvgIpc) is 2.75. The highest BCUT2D eigenvalue weighted by Gasteiger charge is 2.27. The van der Waals surface area contributed by atoms with Crippen molar-refractivity contribution in [1.29, 1.82) is 0 Å². The lowest BCUT2D eigenvalue weighted by molar-refractivity contribution is 0.0632. The molecule has 1 aliphatic rings. The van der Waals surface area contributed by atoms with Crippen LogP contribution >= 0.6 is 11.6 Å². The lowest BCUT2D eigenvalue weighted by atomic mass is 10.0. The van der Waals surface area contributed by atoms with E-state index in [4.69, 9.17) is 11.6 Å². The van der Waals surface area contributed by atoms with Crippen LogP contribution < -0.4 is 0 Å². The molecular weight excluding hydrogens is 226 g/mol. The molecule has 5 heteroatoms. The van der Waals surface area contributed by atoms with Gasteiger partial charge in [-0.15, -0.1) is 11.6 Å². The SMILES string of the molecule is Cn1ccc(C(=O)N2CCCCC2CCl)n1. The molecule has 88 valence electrons. The first-order chi connectivity index (χ1) is 7.72. The van der Waals surface area contributed by atoms with E-state index in [1.54, 1.807) is 16.9 Å². The van der Waals surface area contributed by atoms with Gasteiger partial charge in [-0.2, -0.15) is 5.10 Å². The number of rotatable bonds is 2. The van der Waals surface area contributed by atoms with Crippen molar-refractivity contribution in [3.8, 4) is 0 Å². The van der Waals surface area contributed by atoms with Gasteiger partial charge >= 0.3 is 0 Å². The normalized spacial score (nSPS) is 21.1. The fourth-order valence-corrected chi connectivity index (χ4v) is 2.43. The number of aromatic nitrogens is 2. The number of aryl methyl sites for hydroxylation is 1. The summed E-state index contributed by atoms with van der Waals surface area (Å²) in [5, 5.41) is 4.14. The summed E-state index contributed by atoms with van der Waals surface area (Å²) in [5.41, 5.74) is 0.513. The minimum atomic E-state index is 0.00551. The summed E-state index contributed by atoms with van der Waals surface area (Å²) in [7, 11) is 1.81. The Morgan fingerprint density at radius 3 is 3.06 bits per heavy atom. The second-order valence-electron chi connectivity index (χ2n) is 4.18. The van der Waals surface area contributed by atoms with Crippen LogP contribution in [0.5, 0.6) is 0 Å². The Morgan fingerprint density at radius 2 is 2.44 bits per heavy atom. The van der Waals surface area contributed by atoms with Gasteiger partial charge in [-0.3, -0.25) is 9.48 Å². The molecule has 0 aliphatic carbocycles. The van der Waals surface area contributed by atoms with Gasteiger partial charge in [0.15, 0.2) is 0 Å². The quantitative estimate of drug-likeness (QED) is 0.739. The average molecular weight is 242 g/mol. The number of alkyl halides is 1. The number of carbonyl (C=O) groups excluding carboxylic acids is 1. The van der Waals surface area contributed by atoms with Crippen LogP contribution in [0.15, 0.2) is 12.3 Å². The monoisotopic (exact) mass is 241 g/mol. The Kier molecular flexibility index (Phi) is 3.49. The number of carbonyl (C=O) groups is 1. The van der Waals surface area contributed by atoms with Crippen LogP contribution in [0, 0.1) is 0 Å². The molecule has 1 saturated heterocycles. The molecule has 1 amide bonds. The Morgan fingerprint density at radius 1 is 1.62 bits per heavy atom. The molecule has 2 heterocycles. The fraction of sp³-hybridized carbons (Fsp3) is 0.636. The standard InChI is InChI=1S/C11H16ClN3O/c1-14-7-5-10(13-14)11(16)15-6-3-2-4-9(15)8-12/h5,7,9H,2-4,6,8H2,1H3. The summed E-state index contributed by atoms with van der Waals surface area (Å²) in [5.74, 6) is 0.518. The third-order valence-electron chi connectivity index (χ3n) is 3.00. The number of hydrogen-bond donors (Lipinski definition) is 0. The molecule has 0 N–H and O–H groups in total. The van der Waals surface area contributed by atoms with Gasteiger partial charge in [0.05, 0.1) is 0 Å². The summed E-state index contributed by atoms with van der Waals surface area (Å²) < 4.78 is 1.65. The molecule has 1 aromatic heterocycles. The molecule has 0 aromatic carbocycles. The summed E-state index contributed by atoms with van der Waals surface area (Å²) in [6, 6.07) is 1.92. The summed E-state index contributed by atoms with van der Waals surface area (Å²) in [4.78, 5) is 14.0. The van der Waals surface area contributed by atoms with Gasteiger partial charge < -0.3 is 4.90 Å². The first kappa shape index (κ1) is 11.5. The van der Waals surface area contributed by atoms with Gasteiger partial charge in [0.2, 0.25) is 0 Å². The zero-order valence-electron chi connectivity index (χ0n) is 9.40. The Labute approximate surface area is 100 Å². The Bertz CT molecular complexity index is 377. The van der Waals surface area contributed by atoms with Crippen molar-refractivity contribution >= 4 is 17.5 Å². The molecule has 1 unspecified atom stereocenters. The van der Waals surface area contributed by atoms with Crippen molar-refractivity contribution in [2.75, 3.05) is 12.4 Å². The number of halogens is 1. The molecule has 1 atom stereocenters. The van der Waals surface area contributed by atoms with Crippen LogP contribution in [-0.2, 0) is 7.05 Å². The fourth-order valence-electron chi connectivity index (χ4n) is 2.10. The predicted molar refractivity (Wildman–Crippen MR) is 62.6 cm³/mol. The van der Waals surface area contributed by atoms with E-state index in [1.165, 1.54) is 0 Å². The summed E-state index contributed by atoms with van der Waals surface area (Å²) >= 11 is 5.89. The van der Waals surface area contributed by atoms with E-state index in [0.717, 1.165) is 25.8 Å². The van der Waals surface area contributed by atoms with Gasteiger partial charge in [-0.1, -0.05) is 0 Å². The number of likely N-dealkylation sites (tertiary alicyclic amines) is 1. The van der Waals surface area contributed by atoms with E-state index in [9.17, 15) is 4.79 Å². The highest BCUT2D eigenvalue weighted by molar-refractivity contribution is 6.18. The minimum Gasteiger partial charge on any atom is -0.333 e. The number of piperidine rings is 1. The van der Waals surface area contributed by atoms with Crippen LogP contribution in [0.25, 0.3) is 0 Å². The van der Waals surface area contributed by atoms with Gasteiger partial charge in [-0.05, 0) is 25.3 Å². The van der Waals surface area contributed by atoms with Crippen LogP contribution in [-0.4, -0.2) is 39.1 Å². The van der Waals surface area contributed by atoms with Gasteiger partial charge in [0.25, 0.3) is 5.91 Å². The van der Waals surface area contributed by atoms with Crippen molar-refractivity contribution in [2.24, 2.45) is 7.05 Å².